The molecule has 1 aromatic heterocycles. The van der Waals surface area contributed by atoms with Gasteiger partial charge in [-0.15, -0.1) is 0 Å². The van der Waals surface area contributed by atoms with Gasteiger partial charge in [0, 0.05) is 31.4 Å². The highest BCUT2D eigenvalue weighted by molar-refractivity contribution is 5.08. The van der Waals surface area contributed by atoms with Crippen molar-refractivity contribution in [1.82, 2.24) is 14.5 Å². The first-order chi connectivity index (χ1) is 6.77. The summed E-state index contributed by atoms with van der Waals surface area (Å²) in [6.45, 7) is 2.27. The van der Waals surface area contributed by atoms with E-state index in [1.807, 2.05) is 0 Å². The minimum Gasteiger partial charge on any atom is -0.332 e. The summed E-state index contributed by atoms with van der Waals surface area (Å²) in [5.41, 5.74) is 1.44. The number of aromatic nitrogens is 2. The Morgan fingerprint density at radius 3 is 3.07 bits per heavy atom. The maximum absolute atomic E-state index is 4.51. The molecule has 0 bridgehead atoms. The smallest absolute Gasteiger partial charge is 0.110 e. The first kappa shape index (κ1) is 9.71. The summed E-state index contributed by atoms with van der Waals surface area (Å²) in [4.78, 5) is 6.72. The number of nitrogens with zero attached hydrogens (tertiary/aromatic N) is 3. The van der Waals surface area contributed by atoms with Crippen LogP contribution in [0.4, 0.5) is 0 Å². The van der Waals surface area contributed by atoms with Crippen LogP contribution in [0.15, 0.2) is 6.20 Å². The van der Waals surface area contributed by atoms with E-state index in [0.717, 1.165) is 13.0 Å². The molecule has 0 amide bonds. The van der Waals surface area contributed by atoms with E-state index in [9.17, 15) is 0 Å². The van der Waals surface area contributed by atoms with Gasteiger partial charge in [-0.3, -0.25) is 0 Å². The molecule has 2 heterocycles. The third-order valence-corrected chi connectivity index (χ3v) is 2.87. The van der Waals surface area contributed by atoms with Crippen molar-refractivity contribution >= 4 is 0 Å². The van der Waals surface area contributed by atoms with Gasteiger partial charge in [0.2, 0.25) is 0 Å². The standard InChI is InChI=1S/C11H19N3/c1-13(2)8-6-11-12-9-10-5-3-4-7-14(10)11/h9H,3-8H2,1-2H3. The zero-order valence-corrected chi connectivity index (χ0v) is 9.16. The number of rotatable bonds is 3. The first-order valence-electron chi connectivity index (χ1n) is 5.45. The number of hydrogen-bond donors (Lipinski definition) is 0. The summed E-state index contributed by atoms with van der Waals surface area (Å²) in [7, 11) is 4.22. The number of aryl methyl sites for hydroxylation is 1. The SMILES string of the molecule is CN(C)CCc1ncc2n1CCCC2. The Kier molecular flexibility index (Phi) is 2.87. The minimum atomic E-state index is 1.08. The Balaban J connectivity index is 2.06. The molecule has 2 rings (SSSR count). The molecular weight excluding hydrogens is 174 g/mol. The lowest BCUT2D eigenvalue weighted by Gasteiger charge is -2.17. The van der Waals surface area contributed by atoms with E-state index in [4.69, 9.17) is 0 Å². The van der Waals surface area contributed by atoms with E-state index in [-0.39, 0.29) is 0 Å². The molecule has 0 radical (unpaired) electrons. The fraction of sp³-hybridized carbons (Fsp3) is 0.727. The summed E-state index contributed by atoms with van der Waals surface area (Å²) >= 11 is 0. The van der Waals surface area contributed by atoms with Gasteiger partial charge in [-0.1, -0.05) is 0 Å². The van der Waals surface area contributed by atoms with Crippen LogP contribution in [0.3, 0.4) is 0 Å². The predicted molar refractivity (Wildman–Crippen MR) is 57.4 cm³/mol. The zero-order valence-electron chi connectivity index (χ0n) is 9.16. The Labute approximate surface area is 85.7 Å². The van der Waals surface area contributed by atoms with Crippen molar-refractivity contribution in [2.75, 3.05) is 20.6 Å². The second-order valence-electron chi connectivity index (χ2n) is 4.33. The Bertz CT molecular complexity index is 301. The van der Waals surface area contributed by atoms with E-state index in [1.54, 1.807) is 0 Å². The van der Waals surface area contributed by atoms with E-state index >= 15 is 0 Å². The van der Waals surface area contributed by atoms with Crippen LogP contribution >= 0.6 is 0 Å². The number of imidazole rings is 1. The van der Waals surface area contributed by atoms with Gasteiger partial charge in [-0.2, -0.15) is 0 Å². The fourth-order valence-corrected chi connectivity index (χ4v) is 2.03. The van der Waals surface area contributed by atoms with Crippen molar-refractivity contribution < 1.29 is 0 Å². The van der Waals surface area contributed by atoms with E-state index in [2.05, 4.69) is 34.7 Å². The molecule has 1 aliphatic rings. The molecule has 0 N–H and O–H groups in total. The van der Waals surface area contributed by atoms with Crippen molar-refractivity contribution in [2.24, 2.45) is 0 Å². The average Bonchev–Trinajstić information content (AvgIpc) is 2.58. The Hall–Kier alpha value is -0.830. The highest BCUT2D eigenvalue weighted by Gasteiger charge is 2.13. The third-order valence-electron chi connectivity index (χ3n) is 2.87. The van der Waals surface area contributed by atoms with Crippen molar-refractivity contribution in [3.8, 4) is 0 Å². The van der Waals surface area contributed by atoms with E-state index in [0.29, 0.717) is 0 Å². The van der Waals surface area contributed by atoms with Crippen LogP contribution in [0.2, 0.25) is 0 Å². The molecular formula is C11H19N3. The van der Waals surface area contributed by atoms with Gasteiger partial charge in [-0.25, -0.2) is 4.98 Å². The van der Waals surface area contributed by atoms with Gasteiger partial charge in [-0.05, 0) is 33.4 Å². The maximum Gasteiger partial charge on any atom is 0.110 e. The molecule has 1 aromatic rings. The van der Waals surface area contributed by atoms with Crippen molar-refractivity contribution in [3.63, 3.8) is 0 Å². The lowest BCUT2D eigenvalue weighted by atomic mass is 10.1. The number of fused-ring (bicyclic) bond motifs is 1. The molecule has 14 heavy (non-hydrogen) atoms. The molecule has 0 saturated heterocycles. The summed E-state index contributed by atoms with van der Waals surface area (Å²) < 4.78 is 2.41. The van der Waals surface area contributed by atoms with Crippen molar-refractivity contribution in [2.45, 2.75) is 32.2 Å². The summed E-state index contributed by atoms with van der Waals surface area (Å²) in [5.74, 6) is 1.27. The van der Waals surface area contributed by atoms with Crippen LogP contribution in [-0.2, 0) is 19.4 Å². The van der Waals surface area contributed by atoms with Crippen molar-refractivity contribution in [1.29, 1.82) is 0 Å². The molecule has 0 saturated carbocycles. The Morgan fingerprint density at radius 1 is 1.43 bits per heavy atom. The quantitative estimate of drug-likeness (QED) is 0.722. The third kappa shape index (κ3) is 1.98. The number of hydrogen-bond acceptors (Lipinski definition) is 2. The van der Waals surface area contributed by atoms with Crippen LogP contribution in [-0.4, -0.2) is 35.1 Å². The highest BCUT2D eigenvalue weighted by atomic mass is 15.1. The van der Waals surface area contributed by atoms with E-state index in [1.165, 1.54) is 37.3 Å². The maximum atomic E-state index is 4.51. The molecule has 0 spiro atoms. The lowest BCUT2D eigenvalue weighted by Crippen LogP contribution is -2.19. The predicted octanol–water partition coefficient (Wildman–Crippen LogP) is 1.32. The molecule has 0 aliphatic carbocycles. The van der Waals surface area contributed by atoms with Crippen LogP contribution in [0, 0.1) is 0 Å². The van der Waals surface area contributed by atoms with Gasteiger partial charge < -0.3 is 9.47 Å². The fourth-order valence-electron chi connectivity index (χ4n) is 2.03. The first-order valence-corrected chi connectivity index (χ1v) is 5.45. The van der Waals surface area contributed by atoms with Crippen LogP contribution in [0.5, 0.6) is 0 Å². The van der Waals surface area contributed by atoms with E-state index < -0.39 is 0 Å². The molecule has 0 unspecified atom stereocenters. The van der Waals surface area contributed by atoms with Gasteiger partial charge in [0.15, 0.2) is 0 Å². The molecule has 1 aliphatic heterocycles. The molecule has 0 fully saturated rings. The highest BCUT2D eigenvalue weighted by Crippen LogP contribution is 2.16. The topological polar surface area (TPSA) is 21.1 Å². The number of likely N-dealkylation sites (N-methyl/N-ethyl adjacent to an activating group) is 1. The van der Waals surface area contributed by atoms with Gasteiger partial charge in [0.1, 0.15) is 5.82 Å². The lowest BCUT2D eigenvalue weighted by molar-refractivity contribution is 0.401. The second-order valence-corrected chi connectivity index (χ2v) is 4.33. The normalized spacial score (nSPS) is 15.9. The largest absolute Gasteiger partial charge is 0.332 e. The summed E-state index contributed by atoms with van der Waals surface area (Å²) in [6, 6.07) is 0. The molecule has 3 nitrogen and oxygen atoms in total. The van der Waals surface area contributed by atoms with Crippen LogP contribution in [0.1, 0.15) is 24.4 Å². The van der Waals surface area contributed by atoms with Gasteiger partial charge >= 0.3 is 0 Å². The summed E-state index contributed by atoms with van der Waals surface area (Å²) in [6.07, 6.45) is 7.00. The molecule has 0 atom stereocenters. The van der Waals surface area contributed by atoms with Crippen LogP contribution in [0.25, 0.3) is 0 Å². The zero-order chi connectivity index (χ0) is 9.97. The summed E-state index contributed by atoms with van der Waals surface area (Å²) in [5, 5.41) is 0. The van der Waals surface area contributed by atoms with Crippen LogP contribution < -0.4 is 0 Å². The minimum absolute atomic E-state index is 1.08. The van der Waals surface area contributed by atoms with Gasteiger partial charge in [0.05, 0.1) is 0 Å². The molecule has 0 aromatic carbocycles. The second kappa shape index (κ2) is 4.13. The molecule has 78 valence electrons. The van der Waals surface area contributed by atoms with Crippen molar-refractivity contribution in [3.05, 3.63) is 17.7 Å². The molecule has 3 heteroatoms. The average molecular weight is 193 g/mol. The van der Waals surface area contributed by atoms with Gasteiger partial charge in [0.25, 0.3) is 0 Å². The monoisotopic (exact) mass is 193 g/mol. The Morgan fingerprint density at radius 2 is 2.29 bits per heavy atom.